The third kappa shape index (κ3) is 3.95. The molecule has 0 aliphatic carbocycles. The number of carbonyl (C=O) groups excluding carboxylic acids is 1. The summed E-state index contributed by atoms with van der Waals surface area (Å²) < 4.78 is 6.22. The quantitative estimate of drug-likeness (QED) is 0.385. The first-order valence-electron chi connectivity index (χ1n) is 9.57. The summed E-state index contributed by atoms with van der Waals surface area (Å²) in [6.45, 7) is 1.94. The van der Waals surface area contributed by atoms with Crippen molar-refractivity contribution >= 4 is 34.0 Å². The summed E-state index contributed by atoms with van der Waals surface area (Å²) in [5, 5.41) is 15.2. The number of aromatic hydroxyl groups is 1. The van der Waals surface area contributed by atoms with Gasteiger partial charge in [0, 0.05) is 10.8 Å². The van der Waals surface area contributed by atoms with Gasteiger partial charge in [0.1, 0.15) is 17.6 Å². The molecule has 0 radical (unpaired) electrons. The molecule has 0 aliphatic rings. The number of hydrogen-bond donors (Lipinski definition) is 2. The average Bonchev–Trinajstić information content (AvgIpc) is 2.77. The minimum atomic E-state index is -0.469. The Morgan fingerprint density at radius 3 is 2.30 bits per heavy atom. The Hall–Kier alpha value is -3.50. The van der Waals surface area contributed by atoms with E-state index in [-0.39, 0.29) is 17.4 Å². The maximum absolute atomic E-state index is 13.0. The first-order chi connectivity index (χ1) is 14.5. The lowest BCUT2D eigenvalue weighted by molar-refractivity contribution is 0.102. The maximum Gasteiger partial charge on any atom is 0.259 e. The van der Waals surface area contributed by atoms with Gasteiger partial charge in [-0.05, 0) is 30.7 Å². The molecule has 1 atom stereocenters. The van der Waals surface area contributed by atoms with Crippen molar-refractivity contribution in [3.63, 3.8) is 0 Å². The highest BCUT2D eigenvalue weighted by atomic mass is 35.5. The predicted octanol–water partition coefficient (Wildman–Crippen LogP) is 6.59. The van der Waals surface area contributed by atoms with Crippen LogP contribution in [0.4, 0.5) is 5.69 Å². The van der Waals surface area contributed by atoms with E-state index in [1.54, 1.807) is 36.4 Å². The van der Waals surface area contributed by atoms with Crippen LogP contribution in [0, 0.1) is 0 Å². The molecule has 0 spiro atoms. The minimum absolute atomic E-state index is 0.102. The van der Waals surface area contributed by atoms with Crippen LogP contribution in [0.5, 0.6) is 11.5 Å². The third-order valence-corrected chi connectivity index (χ3v) is 5.25. The summed E-state index contributed by atoms with van der Waals surface area (Å²) in [5.74, 6) is -0.0532. The lowest BCUT2D eigenvalue weighted by Gasteiger charge is -2.19. The highest BCUT2D eigenvalue weighted by Crippen LogP contribution is 2.38. The van der Waals surface area contributed by atoms with E-state index >= 15 is 0 Å². The SMILES string of the molecule is CC(Oc1cc(C(=O)Nc2ccccc2Cl)c(O)c2ccccc12)c1ccccc1. The third-order valence-electron chi connectivity index (χ3n) is 4.92. The van der Waals surface area contributed by atoms with Crippen molar-refractivity contribution < 1.29 is 14.6 Å². The van der Waals surface area contributed by atoms with Crippen LogP contribution in [-0.4, -0.2) is 11.0 Å². The van der Waals surface area contributed by atoms with Gasteiger partial charge in [-0.25, -0.2) is 0 Å². The number of nitrogens with one attached hydrogen (secondary N) is 1. The van der Waals surface area contributed by atoms with Crippen molar-refractivity contribution in [2.75, 3.05) is 5.32 Å². The van der Waals surface area contributed by atoms with Crippen LogP contribution >= 0.6 is 11.6 Å². The topological polar surface area (TPSA) is 58.6 Å². The van der Waals surface area contributed by atoms with Gasteiger partial charge in [-0.1, -0.05) is 78.3 Å². The van der Waals surface area contributed by atoms with Gasteiger partial charge >= 0.3 is 0 Å². The van der Waals surface area contributed by atoms with Crippen molar-refractivity contribution in [1.82, 2.24) is 0 Å². The molecular formula is C25H20ClNO3. The Balaban J connectivity index is 1.74. The number of para-hydroxylation sites is 1. The van der Waals surface area contributed by atoms with E-state index in [0.29, 0.717) is 21.8 Å². The standard InChI is InChI=1S/C25H20ClNO3/c1-16(17-9-3-2-4-10-17)30-23-15-20(24(28)19-12-6-5-11-18(19)23)25(29)27-22-14-8-7-13-21(22)26/h2-16,28H,1H3,(H,27,29). The van der Waals surface area contributed by atoms with Crippen molar-refractivity contribution in [2.45, 2.75) is 13.0 Å². The van der Waals surface area contributed by atoms with Gasteiger partial charge in [0.05, 0.1) is 16.3 Å². The molecule has 1 amide bonds. The van der Waals surface area contributed by atoms with Crippen LogP contribution in [0.15, 0.2) is 84.9 Å². The maximum atomic E-state index is 13.0. The molecule has 4 aromatic rings. The second-order valence-corrected chi connectivity index (χ2v) is 7.33. The van der Waals surface area contributed by atoms with Gasteiger partial charge in [0.2, 0.25) is 0 Å². The molecule has 0 aromatic heterocycles. The molecule has 5 heteroatoms. The number of hydrogen-bond acceptors (Lipinski definition) is 3. The van der Waals surface area contributed by atoms with Gasteiger partial charge < -0.3 is 15.2 Å². The Morgan fingerprint density at radius 2 is 1.57 bits per heavy atom. The van der Waals surface area contributed by atoms with E-state index in [0.717, 1.165) is 10.9 Å². The van der Waals surface area contributed by atoms with Crippen LogP contribution in [-0.2, 0) is 0 Å². The Bertz CT molecular complexity index is 1210. The number of anilines is 1. The Labute approximate surface area is 179 Å². The second-order valence-electron chi connectivity index (χ2n) is 6.92. The average molecular weight is 418 g/mol. The molecule has 1 unspecified atom stereocenters. The Kier molecular flexibility index (Phi) is 5.59. The zero-order valence-electron chi connectivity index (χ0n) is 16.3. The molecule has 4 aromatic carbocycles. The normalized spacial score (nSPS) is 11.8. The lowest BCUT2D eigenvalue weighted by atomic mass is 10.0. The van der Waals surface area contributed by atoms with Crippen LogP contribution < -0.4 is 10.1 Å². The Morgan fingerprint density at radius 1 is 0.933 bits per heavy atom. The van der Waals surface area contributed by atoms with Crippen molar-refractivity contribution in [3.05, 3.63) is 101 Å². The number of phenolic OH excluding ortho intramolecular Hbond substituents is 1. The second kappa shape index (κ2) is 8.47. The summed E-state index contributed by atoms with van der Waals surface area (Å²) in [6.07, 6.45) is -0.237. The molecule has 0 bridgehead atoms. The molecule has 0 heterocycles. The molecular weight excluding hydrogens is 398 g/mol. The lowest BCUT2D eigenvalue weighted by Crippen LogP contribution is -2.13. The fourth-order valence-corrected chi connectivity index (χ4v) is 3.52. The van der Waals surface area contributed by atoms with E-state index in [1.807, 2.05) is 55.5 Å². The minimum Gasteiger partial charge on any atom is -0.506 e. The van der Waals surface area contributed by atoms with Crippen molar-refractivity contribution in [2.24, 2.45) is 0 Å². The highest BCUT2D eigenvalue weighted by Gasteiger charge is 2.20. The zero-order valence-corrected chi connectivity index (χ0v) is 17.1. The first-order valence-corrected chi connectivity index (χ1v) is 9.94. The molecule has 2 N–H and O–H groups in total. The largest absolute Gasteiger partial charge is 0.506 e. The number of ether oxygens (including phenoxy) is 1. The van der Waals surface area contributed by atoms with E-state index in [1.165, 1.54) is 0 Å². The zero-order chi connectivity index (χ0) is 21.1. The molecule has 150 valence electrons. The van der Waals surface area contributed by atoms with Crippen LogP contribution in [0.2, 0.25) is 5.02 Å². The molecule has 0 saturated heterocycles. The van der Waals surface area contributed by atoms with Gasteiger partial charge in [0.25, 0.3) is 5.91 Å². The van der Waals surface area contributed by atoms with Gasteiger partial charge in [-0.15, -0.1) is 0 Å². The first kappa shape index (κ1) is 19.8. The predicted molar refractivity (Wildman–Crippen MR) is 121 cm³/mol. The van der Waals surface area contributed by atoms with Gasteiger partial charge in [0.15, 0.2) is 0 Å². The summed E-state index contributed by atoms with van der Waals surface area (Å²) in [4.78, 5) is 13.0. The summed E-state index contributed by atoms with van der Waals surface area (Å²) in [7, 11) is 0. The summed E-state index contributed by atoms with van der Waals surface area (Å²) in [5.41, 5.74) is 1.59. The monoisotopic (exact) mass is 417 g/mol. The number of phenols is 1. The number of benzene rings is 4. The summed E-state index contributed by atoms with van der Waals surface area (Å²) >= 11 is 6.16. The van der Waals surface area contributed by atoms with Crippen molar-refractivity contribution in [3.8, 4) is 11.5 Å². The molecule has 30 heavy (non-hydrogen) atoms. The van der Waals surface area contributed by atoms with E-state index < -0.39 is 5.91 Å². The molecule has 4 nitrogen and oxygen atoms in total. The number of rotatable bonds is 5. The molecule has 4 rings (SSSR count). The van der Waals surface area contributed by atoms with Crippen molar-refractivity contribution in [1.29, 1.82) is 0 Å². The fourth-order valence-electron chi connectivity index (χ4n) is 3.33. The van der Waals surface area contributed by atoms with E-state index in [2.05, 4.69) is 5.32 Å². The molecule has 0 aliphatic heterocycles. The van der Waals surface area contributed by atoms with Crippen LogP contribution in [0.25, 0.3) is 10.8 Å². The molecule has 0 fully saturated rings. The van der Waals surface area contributed by atoms with Gasteiger partial charge in [-0.3, -0.25) is 4.79 Å². The fraction of sp³-hybridized carbons (Fsp3) is 0.0800. The number of fused-ring (bicyclic) bond motifs is 1. The smallest absolute Gasteiger partial charge is 0.259 e. The van der Waals surface area contributed by atoms with E-state index in [4.69, 9.17) is 16.3 Å². The van der Waals surface area contributed by atoms with Crippen LogP contribution in [0.1, 0.15) is 28.9 Å². The summed E-state index contributed by atoms with van der Waals surface area (Å²) in [6, 6.07) is 25.6. The highest BCUT2D eigenvalue weighted by molar-refractivity contribution is 6.34. The van der Waals surface area contributed by atoms with E-state index in [9.17, 15) is 9.90 Å². The van der Waals surface area contributed by atoms with Gasteiger partial charge in [-0.2, -0.15) is 0 Å². The number of carbonyl (C=O) groups is 1. The number of amides is 1. The van der Waals surface area contributed by atoms with Crippen LogP contribution in [0.3, 0.4) is 0 Å². The number of halogens is 1. The molecule has 0 saturated carbocycles.